The summed E-state index contributed by atoms with van der Waals surface area (Å²) in [5, 5.41) is 0. The van der Waals surface area contributed by atoms with Gasteiger partial charge in [-0.3, -0.25) is 14.8 Å². The van der Waals surface area contributed by atoms with Gasteiger partial charge in [-0.05, 0) is 42.3 Å². The predicted molar refractivity (Wildman–Crippen MR) is 106 cm³/mol. The van der Waals surface area contributed by atoms with Crippen molar-refractivity contribution in [2.75, 3.05) is 18.8 Å². The Labute approximate surface area is 167 Å². The quantitative estimate of drug-likeness (QED) is 0.734. The van der Waals surface area contributed by atoms with Crippen LogP contribution in [0.1, 0.15) is 23.6 Å². The Bertz CT molecular complexity index is 1040. The number of halogens is 2. The zero-order chi connectivity index (χ0) is 20.4. The van der Waals surface area contributed by atoms with Crippen molar-refractivity contribution in [1.29, 1.82) is 0 Å². The van der Waals surface area contributed by atoms with Gasteiger partial charge >= 0.3 is 0 Å². The summed E-state index contributed by atoms with van der Waals surface area (Å²) in [6, 6.07) is 10.4. The zero-order valence-electron chi connectivity index (χ0n) is 15.7. The summed E-state index contributed by atoms with van der Waals surface area (Å²) in [5.74, 6) is -1.18. The van der Waals surface area contributed by atoms with Crippen molar-refractivity contribution in [2.24, 2.45) is 0 Å². The maximum Gasteiger partial charge on any atom is 0.228 e. The van der Waals surface area contributed by atoms with Gasteiger partial charge in [-0.1, -0.05) is 6.07 Å². The highest BCUT2D eigenvalue weighted by atomic mass is 19.1. The topological polar surface area (TPSA) is 72.1 Å². The second kappa shape index (κ2) is 7.95. The van der Waals surface area contributed by atoms with Crippen molar-refractivity contribution < 1.29 is 13.6 Å². The molecular weight excluding hydrogens is 374 g/mol. The first kappa shape index (κ1) is 19.0. The van der Waals surface area contributed by atoms with Crippen LogP contribution in [0.4, 0.5) is 14.5 Å². The average Bonchev–Trinajstić information content (AvgIpc) is 3.21. The van der Waals surface area contributed by atoms with Crippen molar-refractivity contribution in [1.82, 2.24) is 14.9 Å². The molecule has 1 atom stereocenters. The number of benzene rings is 1. The lowest BCUT2D eigenvalue weighted by Crippen LogP contribution is -2.30. The number of nitrogens with zero attached hydrogens (tertiary/aromatic N) is 3. The fraction of sp³-hybridized carbons (Fsp3) is 0.227. The first-order valence-electron chi connectivity index (χ1n) is 9.40. The third-order valence-corrected chi connectivity index (χ3v) is 5.23. The first-order valence-corrected chi connectivity index (χ1v) is 9.40. The third-order valence-electron chi connectivity index (χ3n) is 5.23. The Hall–Kier alpha value is -3.35. The van der Waals surface area contributed by atoms with E-state index in [9.17, 15) is 13.6 Å². The maximum absolute atomic E-state index is 14.1. The normalized spacial score (nSPS) is 16.2. The van der Waals surface area contributed by atoms with Gasteiger partial charge in [0, 0.05) is 43.0 Å². The van der Waals surface area contributed by atoms with Crippen LogP contribution in [0.5, 0.6) is 0 Å². The van der Waals surface area contributed by atoms with E-state index in [1.54, 1.807) is 23.2 Å². The van der Waals surface area contributed by atoms with Gasteiger partial charge in [-0.25, -0.2) is 8.78 Å². The molecule has 0 spiro atoms. The number of nitrogen functional groups attached to an aromatic ring is 1. The Morgan fingerprint density at radius 1 is 1.21 bits per heavy atom. The van der Waals surface area contributed by atoms with Gasteiger partial charge in [0.25, 0.3) is 0 Å². The van der Waals surface area contributed by atoms with E-state index in [1.165, 1.54) is 12.1 Å². The van der Waals surface area contributed by atoms with E-state index >= 15 is 0 Å². The maximum atomic E-state index is 14.1. The molecule has 1 aliphatic heterocycles. The second-order valence-electron chi connectivity index (χ2n) is 7.15. The van der Waals surface area contributed by atoms with Gasteiger partial charge in [0.1, 0.15) is 11.6 Å². The number of carbonyl (C=O) groups excluding carboxylic acids is 1. The van der Waals surface area contributed by atoms with Crippen molar-refractivity contribution in [2.45, 2.75) is 18.8 Å². The molecule has 1 aromatic carbocycles. The Morgan fingerprint density at radius 3 is 2.83 bits per heavy atom. The van der Waals surface area contributed by atoms with Gasteiger partial charge < -0.3 is 10.6 Å². The molecule has 3 aromatic rings. The summed E-state index contributed by atoms with van der Waals surface area (Å²) in [6.45, 7) is 1.28. The van der Waals surface area contributed by atoms with Gasteiger partial charge in [-0.2, -0.15) is 0 Å². The molecule has 29 heavy (non-hydrogen) atoms. The minimum Gasteiger partial charge on any atom is -0.397 e. The number of nitrogens with two attached hydrogens (primary N) is 1. The molecule has 5 nitrogen and oxygen atoms in total. The van der Waals surface area contributed by atoms with Crippen molar-refractivity contribution in [3.05, 3.63) is 77.8 Å². The highest BCUT2D eigenvalue weighted by molar-refractivity contribution is 5.80. The van der Waals surface area contributed by atoms with Crippen LogP contribution < -0.4 is 5.73 Å². The number of pyridine rings is 2. The first-order chi connectivity index (χ1) is 14.0. The molecule has 1 fully saturated rings. The molecule has 2 aromatic heterocycles. The van der Waals surface area contributed by atoms with Crippen LogP contribution in [-0.4, -0.2) is 33.9 Å². The van der Waals surface area contributed by atoms with E-state index in [1.807, 2.05) is 18.3 Å². The highest BCUT2D eigenvalue weighted by Gasteiger charge is 2.28. The minimum absolute atomic E-state index is 0.0300. The fourth-order valence-electron chi connectivity index (χ4n) is 3.63. The summed E-state index contributed by atoms with van der Waals surface area (Å²) < 4.78 is 27.3. The number of aromatic nitrogens is 2. The van der Waals surface area contributed by atoms with Gasteiger partial charge in [0.15, 0.2) is 0 Å². The summed E-state index contributed by atoms with van der Waals surface area (Å²) in [4.78, 5) is 23.1. The molecule has 1 saturated heterocycles. The average molecular weight is 394 g/mol. The molecule has 148 valence electrons. The van der Waals surface area contributed by atoms with Gasteiger partial charge in [-0.15, -0.1) is 0 Å². The van der Waals surface area contributed by atoms with Crippen LogP contribution in [0.25, 0.3) is 11.3 Å². The number of amides is 1. The van der Waals surface area contributed by atoms with E-state index in [0.29, 0.717) is 30.2 Å². The zero-order valence-corrected chi connectivity index (χ0v) is 15.7. The Morgan fingerprint density at radius 2 is 2.07 bits per heavy atom. The molecule has 4 rings (SSSR count). The molecule has 0 bridgehead atoms. The molecule has 0 aliphatic carbocycles. The standard InChI is InChI=1S/C22H20F2N4O/c23-16-3-4-17(18(24)10-16)20-6-5-19(25)21(27-20)11-22(29)28-9-7-15(13-28)14-2-1-8-26-12-14/h1-6,8,10,12,15H,7,9,11,13,25H2. The number of rotatable bonds is 4. The lowest BCUT2D eigenvalue weighted by Gasteiger charge is -2.17. The second-order valence-corrected chi connectivity index (χ2v) is 7.15. The summed E-state index contributed by atoms with van der Waals surface area (Å²) in [6.07, 6.45) is 4.47. The molecule has 3 heterocycles. The SMILES string of the molecule is Nc1ccc(-c2ccc(F)cc2F)nc1CC(=O)N1CCC(c2cccnc2)C1. The summed E-state index contributed by atoms with van der Waals surface area (Å²) in [5.41, 5.74) is 8.36. The van der Waals surface area contributed by atoms with Crippen LogP contribution >= 0.6 is 0 Å². The molecule has 0 saturated carbocycles. The number of anilines is 1. The number of hydrogen-bond donors (Lipinski definition) is 1. The molecule has 1 unspecified atom stereocenters. The van der Waals surface area contributed by atoms with Crippen LogP contribution in [0, 0.1) is 11.6 Å². The number of carbonyl (C=O) groups is 1. The summed E-state index contributed by atoms with van der Waals surface area (Å²) in [7, 11) is 0. The third kappa shape index (κ3) is 4.08. The Kier molecular flexibility index (Phi) is 5.20. The lowest BCUT2D eigenvalue weighted by molar-refractivity contribution is -0.129. The van der Waals surface area contributed by atoms with Crippen LogP contribution in [0.3, 0.4) is 0 Å². The van der Waals surface area contributed by atoms with Crippen LogP contribution in [0.15, 0.2) is 54.9 Å². The number of hydrogen-bond acceptors (Lipinski definition) is 4. The minimum atomic E-state index is -0.710. The van der Waals surface area contributed by atoms with E-state index in [2.05, 4.69) is 9.97 Å². The molecule has 1 amide bonds. The predicted octanol–water partition coefficient (Wildman–Crippen LogP) is 3.56. The van der Waals surface area contributed by atoms with E-state index in [-0.39, 0.29) is 23.8 Å². The molecular formula is C22H20F2N4O. The molecule has 2 N–H and O–H groups in total. The van der Waals surface area contributed by atoms with Crippen LogP contribution in [-0.2, 0) is 11.2 Å². The van der Waals surface area contributed by atoms with Crippen molar-refractivity contribution in [3.63, 3.8) is 0 Å². The Balaban J connectivity index is 1.50. The molecule has 1 aliphatic rings. The molecule has 7 heteroatoms. The largest absolute Gasteiger partial charge is 0.397 e. The fourth-order valence-corrected chi connectivity index (χ4v) is 3.63. The van der Waals surface area contributed by atoms with Crippen molar-refractivity contribution >= 4 is 11.6 Å². The van der Waals surface area contributed by atoms with E-state index < -0.39 is 11.6 Å². The van der Waals surface area contributed by atoms with E-state index in [4.69, 9.17) is 5.73 Å². The van der Waals surface area contributed by atoms with Gasteiger partial charge in [0.05, 0.1) is 23.5 Å². The monoisotopic (exact) mass is 394 g/mol. The number of likely N-dealkylation sites (tertiary alicyclic amines) is 1. The summed E-state index contributed by atoms with van der Waals surface area (Å²) >= 11 is 0. The smallest absolute Gasteiger partial charge is 0.228 e. The van der Waals surface area contributed by atoms with Crippen LogP contribution in [0.2, 0.25) is 0 Å². The lowest BCUT2D eigenvalue weighted by atomic mass is 10.0. The van der Waals surface area contributed by atoms with Gasteiger partial charge in [0.2, 0.25) is 5.91 Å². The highest BCUT2D eigenvalue weighted by Crippen LogP contribution is 2.28. The molecule has 0 radical (unpaired) electrons. The van der Waals surface area contributed by atoms with E-state index in [0.717, 1.165) is 18.1 Å². The van der Waals surface area contributed by atoms with Crippen molar-refractivity contribution in [3.8, 4) is 11.3 Å².